The molecule has 0 rings (SSSR count). The topological polar surface area (TPSA) is 74.6 Å². The molecule has 0 aromatic heterocycles. The lowest BCUT2D eigenvalue weighted by Gasteiger charge is -2.30. The summed E-state index contributed by atoms with van der Waals surface area (Å²) in [7, 11) is 0. The second-order valence-electron chi connectivity index (χ2n) is 3.56. The number of hydrogen-bond donors (Lipinski definition) is 2. The predicted octanol–water partition coefficient (Wildman–Crippen LogP) is 2.51. The summed E-state index contributed by atoms with van der Waals surface area (Å²) in [6, 6.07) is 0. The third-order valence-electron chi connectivity index (χ3n) is 2.72. The van der Waals surface area contributed by atoms with Crippen molar-refractivity contribution in [2.45, 2.75) is 43.9 Å². The molecule has 0 heterocycles. The number of alkyl halides is 1. The number of rotatable bonds is 7. The summed E-state index contributed by atoms with van der Waals surface area (Å²) in [5.74, 6) is -1.96. The van der Waals surface area contributed by atoms with Gasteiger partial charge >= 0.3 is 11.9 Å². The Balaban J connectivity index is 4.61. The first-order chi connectivity index (χ1) is 6.88. The summed E-state index contributed by atoms with van der Waals surface area (Å²) in [5.41, 5.74) is 0. The van der Waals surface area contributed by atoms with Crippen LogP contribution in [0.1, 0.15) is 39.5 Å². The second-order valence-corrected chi connectivity index (χ2v) is 4.97. The molecule has 0 saturated carbocycles. The predicted molar refractivity (Wildman–Crippen MR) is 60.2 cm³/mol. The van der Waals surface area contributed by atoms with E-state index < -0.39 is 16.3 Å². The maximum absolute atomic E-state index is 11.1. The first kappa shape index (κ1) is 14.4. The van der Waals surface area contributed by atoms with Gasteiger partial charge in [0.15, 0.2) is 0 Å². The first-order valence-electron chi connectivity index (χ1n) is 5.02. The number of carboxylic acids is 2. The molecule has 4 nitrogen and oxygen atoms in total. The lowest BCUT2D eigenvalue weighted by molar-refractivity contribution is -0.143. The van der Waals surface area contributed by atoms with E-state index in [0.29, 0.717) is 19.3 Å². The van der Waals surface area contributed by atoms with E-state index in [1.54, 1.807) is 6.92 Å². The Bertz CT molecular complexity index is 242. The highest BCUT2D eigenvalue weighted by Gasteiger charge is 2.40. The molecule has 5 heteroatoms. The number of carboxylic acid groups (broad SMARTS) is 2. The number of aliphatic carboxylic acids is 2. The third-order valence-corrected chi connectivity index (χ3v) is 4.26. The van der Waals surface area contributed by atoms with Crippen molar-refractivity contribution >= 4 is 27.9 Å². The third kappa shape index (κ3) is 3.81. The van der Waals surface area contributed by atoms with Crippen LogP contribution >= 0.6 is 15.9 Å². The van der Waals surface area contributed by atoms with Gasteiger partial charge in [-0.15, -0.1) is 0 Å². The molecule has 15 heavy (non-hydrogen) atoms. The minimum Gasteiger partial charge on any atom is -0.481 e. The zero-order valence-electron chi connectivity index (χ0n) is 8.99. The van der Waals surface area contributed by atoms with Crippen LogP contribution in [0.3, 0.4) is 0 Å². The lowest BCUT2D eigenvalue weighted by atomic mass is 9.84. The van der Waals surface area contributed by atoms with Crippen LogP contribution in [0, 0.1) is 5.92 Å². The fraction of sp³-hybridized carbons (Fsp3) is 0.800. The van der Waals surface area contributed by atoms with Crippen LogP contribution in [-0.4, -0.2) is 26.5 Å². The average Bonchev–Trinajstić information content (AvgIpc) is 2.17. The zero-order chi connectivity index (χ0) is 12.1. The van der Waals surface area contributed by atoms with Crippen LogP contribution in [-0.2, 0) is 9.59 Å². The fourth-order valence-corrected chi connectivity index (χ4v) is 2.22. The van der Waals surface area contributed by atoms with E-state index in [1.165, 1.54) is 0 Å². The lowest BCUT2D eigenvalue weighted by Crippen LogP contribution is -2.39. The Labute approximate surface area is 97.8 Å². The van der Waals surface area contributed by atoms with Gasteiger partial charge < -0.3 is 10.2 Å². The van der Waals surface area contributed by atoms with Crippen molar-refractivity contribution in [1.82, 2.24) is 0 Å². The van der Waals surface area contributed by atoms with Gasteiger partial charge in [0.1, 0.15) is 4.32 Å². The normalized spacial score (nSPS) is 16.7. The van der Waals surface area contributed by atoms with Gasteiger partial charge in [-0.25, -0.2) is 0 Å². The minimum absolute atomic E-state index is 0.0130. The summed E-state index contributed by atoms with van der Waals surface area (Å²) in [4.78, 5) is 21.5. The molecule has 0 aliphatic heterocycles. The Morgan fingerprint density at radius 1 is 1.33 bits per heavy atom. The molecular formula is C10H17BrO4. The van der Waals surface area contributed by atoms with Crippen LogP contribution in [0.2, 0.25) is 0 Å². The van der Waals surface area contributed by atoms with Crippen LogP contribution in [0.25, 0.3) is 0 Å². The van der Waals surface area contributed by atoms with Crippen LogP contribution < -0.4 is 0 Å². The van der Waals surface area contributed by atoms with Crippen molar-refractivity contribution in [3.63, 3.8) is 0 Å². The van der Waals surface area contributed by atoms with Crippen molar-refractivity contribution < 1.29 is 19.8 Å². The van der Waals surface area contributed by atoms with Gasteiger partial charge in [0.25, 0.3) is 0 Å². The van der Waals surface area contributed by atoms with E-state index in [0.717, 1.165) is 0 Å². The standard InChI is InChI=1S/C10H17BrO4/c1-3-7(5-6-8(12)13)10(11,4-2)9(14)15/h7H,3-6H2,1-2H3,(H,12,13)(H,14,15). The van der Waals surface area contributed by atoms with Gasteiger partial charge in [0.05, 0.1) is 0 Å². The van der Waals surface area contributed by atoms with Gasteiger partial charge in [-0.2, -0.15) is 0 Å². The molecule has 2 unspecified atom stereocenters. The van der Waals surface area contributed by atoms with Crippen molar-refractivity contribution in [2.75, 3.05) is 0 Å². The zero-order valence-corrected chi connectivity index (χ0v) is 10.6. The maximum atomic E-state index is 11.1. The van der Waals surface area contributed by atoms with E-state index >= 15 is 0 Å². The SMILES string of the molecule is CCC(CCC(=O)O)C(Br)(CC)C(=O)O. The Hall–Kier alpha value is -0.580. The summed E-state index contributed by atoms with van der Waals surface area (Å²) in [6.07, 6.45) is 1.50. The molecule has 2 atom stereocenters. The largest absolute Gasteiger partial charge is 0.481 e. The van der Waals surface area contributed by atoms with Crippen molar-refractivity contribution in [3.8, 4) is 0 Å². The quantitative estimate of drug-likeness (QED) is 0.703. The van der Waals surface area contributed by atoms with Crippen LogP contribution in [0.4, 0.5) is 0 Å². The molecule has 0 bridgehead atoms. The molecule has 88 valence electrons. The van der Waals surface area contributed by atoms with E-state index in [1.807, 2.05) is 6.92 Å². The van der Waals surface area contributed by atoms with Crippen molar-refractivity contribution in [3.05, 3.63) is 0 Å². The van der Waals surface area contributed by atoms with E-state index in [-0.39, 0.29) is 12.3 Å². The number of halogens is 1. The Kier molecular flexibility index (Phi) is 5.87. The van der Waals surface area contributed by atoms with E-state index in [4.69, 9.17) is 10.2 Å². The van der Waals surface area contributed by atoms with Gasteiger partial charge in [0, 0.05) is 6.42 Å². The molecule has 2 N–H and O–H groups in total. The van der Waals surface area contributed by atoms with E-state index in [9.17, 15) is 9.59 Å². The Morgan fingerprint density at radius 2 is 1.87 bits per heavy atom. The minimum atomic E-state index is -0.989. The van der Waals surface area contributed by atoms with Crippen LogP contribution in [0.5, 0.6) is 0 Å². The summed E-state index contributed by atoms with van der Waals surface area (Å²) in [6.45, 7) is 3.66. The Morgan fingerprint density at radius 3 is 2.13 bits per heavy atom. The molecule has 0 radical (unpaired) electrons. The summed E-state index contributed by atoms with van der Waals surface area (Å²) in [5, 5.41) is 17.7. The second kappa shape index (κ2) is 6.10. The fourth-order valence-electron chi connectivity index (χ4n) is 1.67. The average molecular weight is 281 g/mol. The van der Waals surface area contributed by atoms with Gasteiger partial charge in [0.2, 0.25) is 0 Å². The summed E-state index contributed by atoms with van der Waals surface area (Å²) >= 11 is 3.23. The molecule has 0 amide bonds. The molecule has 0 aliphatic carbocycles. The number of carbonyl (C=O) groups is 2. The molecule has 0 saturated heterocycles. The highest BCUT2D eigenvalue weighted by Crippen LogP contribution is 2.36. The smallest absolute Gasteiger partial charge is 0.320 e. The highest BCUT2D eigenvalue weighted by atomic mass is 79.9. The molecule has 0 aromatic carbocycles. The van der Waals surface area contributed by atoms with Gasteiger partial charge in [-0.1, -0.05) is 36.2 Å². The van der Waals surface area contributed by atoms with E-state index in [2.05, 4.69) is 15.9 Å². The summed E-state index contributed by atoms with van der Waals surface area (Å²) < 4.78 is -0.989. The molecule has 0 aromatic rings. The maximum Gasteiger partial charge on any atom is 0.320 e. The highest BCUT2D eigenvalue weighted by molar-refractivity contribution is 9.10. The number of hydrogen-bond acceptors (Lipinski definition) is 2. The van der Waals surface area contributed by atoms with Gasteiger partial charge in [-0.05, 0) is 18.8 Å². The van der Waals surface area contributed by atoms with Crippen LogP contribution in [0.15, 0.2) is 0 Å². The van der Waals surface area contributed by atoms with Crippen molar-refractivity contribution in [2.24, 2.45) is 5.92 Å². The van der Waals surface area contributed by atoms with Gasteiger partial charge in [-0.3, -0.25) is 9.59 Å². The molecule has 0 fully saturated rings. The molecule has 0 spiro atoms. The first-order valence-corrected chi connectivity index (χ1v) is 5.81. The van der Waals surface area contributed by atoms with Crippen molar-refractivity contribution in [1.29, 1.82) is 0 Å². The molecule has 0 aliphatic rings. The molecular weight excluding hydrogens is 264 g/mol. The monoisotopic (exact) mass is 280 g/mol.